The molecular weight excluding hydrogens is 276 g/mol. The average molecular weight is 288 g/mol. The Bertz CT molecular complexity index is 712. The predicted octanol–water partition coefficient (Wildman–Crippen LogP) is -0.748. The maximum atomic E-state index is 12.4. The lowest BCUT2D eigenvalue weighted by atomic mass is 10.0. The first-order chi connectivity index (χ1) is 9.91. The van der Waals surface area contributed by atoms with E-state index in [4.69, 9.17) is 11.5 Å². The summed E-state index contributed by atoms with van der Waals surface area (Å²) in [5.41, 5.74) is 11.8. The Labute approximate surface area is 119 Å². The number of nitrogens with zero attached hydrogens (tertiary/aromatic N) is 1. The largest absolute Gasteiger partial charge is 0.397 e. The van der Waals surface area contributed by atoms with Crippen LogP contribution >= 0.6 is 0 Å². The number of piperidine rings is 1. The van der Waals surface area contributed by atoms with Crippen molar-refractivity contribution in [3.63, 3.8) is 0 Å². The van der Waals surface area contributed by atoms with Crippen LogP contribution in [0.5, 0.6) is 0 Å². The van der Waals surface area contributed by atoms with E-state index in [0.717, 1.165) is 4.90 Å². The Balaban J connectivity index is 2.02. The van der Waals surface area contributed by atoms with Crippen LogP contribution in [0.15, 0.2) is 12.1 Å². The predicted molar refractivity (Wildman–Crippen MR) is 71.9 cm³/mol. The third kappa shape index (κ3) is 1.76. The summed E-state index contributed by atoms with van der Waals surface area (Å²) >= 11 is 0. The highest BCUT2D eigenvalue weighted by Gasteiger charge is 2.45. The average Bonchev–Trinajstić information content (AvgIpc) is 2.67. The van der Waals surface area contributed by atoms with Crippen LogP contribution in [0.3, 0.4) is 0 Å². The van der Waals surface area contributed by atoms with Gasteiger partial charge >= 0.3 is 0 Å². The van der Waals surface area contributed by atoms with E-state index in [1.54, 1.807) is 0 Å². The number of fused-ring (bicyclic) bond motifs is 1. The summed E-state index contributed by atoms with van der Waals surface area (Å²) in [5, 5.41) is 2.12. The number of benzene rings is 1. The molecule has 8 nitrogen and oxygen atoms in total. The summed E-state index contributed by atoms with van der Waals surface area (Å²) in [7, 11) is 0. The molecular formula is C13H12N4O4. The zero-order valence-electron chi connectivity index (χ0n) is 10.9. The second-order valence-corrected chi connectivity index (χ2v) is 4.94. The van der Waals surface area contributed by atoms with Crippen molar-refractivity contribution in [2.24, 2.45) is 0 Å². The van der Waals surface area contributed by atoms with Crippen LogP contribution in [0, 0.1) is 0 Å². The zero-order chi connectivity index (χ0) is 15.3. The zero-order valence-corrected chi connectivity index (χ0v) is 10.9. The van der Waals surface area contributed by atoms with Crippen LogP contribution in [0.25, 0.3) is 0 Å². The molecule has 1 saturated heterocycles. The Hall–Kier alpha value is -2.90. The quantitative estimate of drug-likeness (QED) is 0.459. The van der Waals surface area contributed by atoms with Crippen molar-refractivity contribution in [1.29, 1.82) is 0 Å². The van der Waals surface area contributed by atoms with Gasteiger partial charge in [0.25, 0.3) is 11.8 Å². The van der Waals surface area contributed by atoms with E-state index in [1.807, 2.05) is 0 Å². The van der Waals surface area contributed by atoms with Gasteiger partial charge in [-0.1, -0.05) is 0 Å². The van der Waals surface area contributed by atoms with Crippen LogP contribution in [0.4, 0.5) is 11.4 Å². The van der Waals surface area contributed by atoms with E-state index >= 15 is 0 Å². The highest BCUT2D eigenvalue weighted by Crippen LogP contribution is 2.33. The van der Waals surface area contributed by atoms with Gasteiger partial charge in [0.1, 0.15) is 6.04 Å². The number of hydrogen-bond acceptors (Lipinski definition) is 6. The molecule has 2 heterocycles. The highest BCUT2D eigenvalue weighted by atomic mass is 16.2. The number of nitrogen functional groups attached to an aromatic ring is 2. The molecule has 0 aromatic heterocycles. The van der Waals surface area contributed by atoms with Crippen molar-refractivity contribution in [2.45, 2.75) is 18.9 Å². The third-order valence-electron chi connectivity index (χ3n) is 3.68. The van der Waals surface area contributed by atoms with E-state index in [9.17, 15) is 19.2 Å². The van der Waals surface area contributed by atoms with Crippen LogP contribution in [0.2, 0.25) is 0 Å². The molecule has 1 aromatic rings. The van der Waals surface area contributed by atoms with Gasteiger partial charge in [-0.15, -0.1) is 0 Å². The van der Waals surface area contributed by atoms with Crippen LogP contribution in [0.1, 0.15) is 33.6 Å². The molecule has 1 fully saturated rings. The van der Waals surface area contributed by atoms with Gasteiger partial charge in [-0.05, 0) is 18.6 Å². The Morgan fingerprint density at radius 2 is 1.81 bits per heavy atom. The standard InChI is InChI=1S/C13H12N4O4/c14-6-2-1-5-9(10(6)15)13(21)17(12(5)20)7-3-4-8(18)16-11(7)19/h1-2,7H,3-4,14-15H2,(H,16,18,19). The van der Waals surface area contributed by atoms with E-state index < -0.39 is 29.7 Å². The molecule has 5 N–H and O–H groups in total. The van der Waals surface area contributed by atoms with Crippen molar-refractivity contribution in [2.75, 3.05) is 11.5 Å². The van der Waals surface area contributed by atoms with Gasteiger partial charge in [-0.3, -0.25) is 29.4 Å². The normalized spacial score (nSPS) is 21.5. The van der Waals surface area contributed by atoms with Gasteiger partial charge in [-0.2, -0.15) is 0 Å². The first-order valence-corrected chi connectivity index (χ1v) is 6.31. The lowest BCUT2D eigenvalue weighted by Crippen LogP contribution is -2.54. The molecule has 8 heteroatoms. The molecule has 0 spiro atoms. The molecule has 3 rings (SSSR count). The Kier molecular flexibility index (Phi) is 2.68. The number of amides is 4. The van der Waals surface area contributed by atoms with E-state index in [0.29, 0.717) is 0 Å². The van der Waals surface area contributed by atoms with Crippen LogP contribution in [-0.4, -0.2) is 34.6 Å². The summed E-state index contributed by atoms with van der Waals surface area (Å²) in [6.07, 6.45) is 0.174. The van der Waals surface area contributed by atoms with Crippen molar-refractivity contribution < 1.29 is 19.2 Å². The fraction of sp³-hybridized carbons (Fsp3) is 0.231. The number of carbonyl (C=O) groups excluding carboxylic acids is 4. The number of nitrogens with two attached hydrogens (primary N) is 2. The second-order valence-electron chi connectivity index (χ2n) is 4.94. The number of hydrogen-bond donors (Lipinski definition) is 3. The molecule has 2 aliphatic heterocycles. The summed E-state index contributed by atoms with van der Waals surface area (Å²) in [5.74, 6) is -2.34. The maximum Gasteiger partial charge on any atom is 0.264 e. The van der Waals surface area contributed by atoms with Crippen molar-refractivity contribution >= 4 is 35.0 Å². The van der Waals surface area contributed by atoms with Gasteiger partial charge in [0.05, 0.1) is 22.5 Å². The summed E-state index contributed by atoms with van der Waals surface area (Å²) in [4.78, 5) is 48.6. The fourth-order valence-electron chi connectivity index (χ4n) is 2.60. The molecule has 21 heavy (non-hydrogen) atoms. The number of rotatable bonds is 1. The molecule has 0 aliphatic carbocycles. The highest BCUT2D eigenvalue weighted by molar-refractivity contribution is 6.26. The molecule has 1 atom stereocenters. The number of anilines is 2. The fourth-order valence-corrected chi connectivity index (χ4v) is 2.60. The minimum Gasteiger partial charge on any atom is -0.397 e. The van der Waals surface area contributed by atoms with Crippen molar-refractivity contribution in [1.82, 2.24) is 10.2 Å². The van der Waals surface area contributed by atoms with Crippen molar-refractivity contribution in [3.05, 3.63) is 23.3 Å². The minimum atomic E-state index is -1.00. The summed E-state index contributed by atoms with van der Waals surface area (Å²) in [6.45, 7) is 0. The smallest absolute Gasteiger partial charge is 0.264 e. The first-order valence-electron chi connectivity index (χ1n) is 6.31. The van der Waals surface area contributed by atoms with Gasteiger partial charge in [0, 0.05) is 6.42 Å². The van der Waals surface area contributed by atoms with Gasteiger partial charge in [-0.25, -0.2) is 0 Å². The van der Waals surface area contributed by atoms with Crippen molar-refractivity contribution in [3.8, 4) is 0 Å². The molecule has 0 radical (unpaired) electrons. The number of carbonyl (C=O) groups is 4. The van der Waals surface area contributed by atoms with Crippen LogP contribution in [-0.2, 0) is 9.59 Å². The Morgan fingerprint density at radius 3 is 2.48 bits per heavy atom. The van der Waals surface area contributed by atoms with E-state index in [2.05, 4.69) is 5.32 Å². The lowest BCUT2D eigenvalue weighted by molar-refractivity contribution is -0.136. The second kappa shape index (κ2) is 4.30. The third-order valence-corrected chi connectivity index (χ3v) is 3.68. The molecule has 1 aromatic carbocycles. The lowest BCUT2D eigenvalue weighted by Gasteiger charge is -2.27. The molecule has 4 amide bonds. The van der Waals surface area contributed by atoms with Crippen LogP contribution < -0.4 is 16.8 Å². The first kappa shape index (κ1) is 13.1. The minimum absolute atomic E-state index is 0.0182. The molecule has 0 bridgehead atoms. The SMILES string of the molecule is Nc1ccc2c(c1N)C(=O)N(C1CCC(=O)NC1=O)C2=O. The molecule has 2 aliphatic rings. The van der Waals surface area contributed by atoms with Gasteiger partial charge in [0.2, 0.25) is 11.8 Å². The topological polar surface area (TPSA) is 136 Å². The monoisotopic (exact) mass is 288 g/mol. The Morgan fingerprint density at radius 1 is 1.10 bits per heavy atom. The summed E-state index contributed by atoms with van der Waals surface area (Å²) in [6, 6.07) is 1.84. The molecule has 0 saturated carbocycles. The maximum absolute atomic E-state index is 12.4. The summed E-state index contributed by atoms with van der Waals surface area (Å²) < 4.78 is 0. The van der Waals surface area contributed by atoms with E-state index in [1.165, 1.54) is 12.1 Å². The number of imide groups is 2. The van der Waals surface area contributed by atoms with Gasteiger partial charge < -0.3 is 11.5 Å². The molecule has 108 valence electrons. The van der Waals surface area contributed by atoms with Gasteiger partial charge in [0.15, 0.2) is 0 Å². The number of nitrogens with one attached hydrogen (secondary N) is 1. The van der Waals surface area contributed by atoms with E-state index in [-0.39, 0.29) is 35.3 Å². The molecule has 1 unspecified atom stereocenters.